The molecule has 0 fully saturated rings. The second-order valence-corrected chi connectivity index (χ2v) is 4.38. The highest BCUT2D eigenvalue weighted by atomic mass is 32.2. The Balaban J connectivity index is 2.86. The largest absolute Gasteiger partial charge is 0.325 e. The van der Waals surface area contributed by atoms with Gasteiger partial charge in [-0.2, -0.15) is 0 Å². The van der Waals surface area contributed by atoms with Crippen molar-refractivity contribution < 1.29 is 13.2 Å². The molecular weight excluding hydrogens is 218 g/mol. The Morgan fingerprint density at radius 3 is 2.20 bits per heavy atom. The average molecular weight is 229 g/mol. The monoisotopic (exact) mass is 229 g/mol. The van der Waals surface area contributed by atoms with Crippen LogP contribution in [-0.4, -0.2) is 20.9 Å². The van der Waals surface area contributed by atoms with Gasteiger partial charge in [0, 0.05) is 5.69 Å². The second kappa shape index (κ2) is 4.39. The Morgan fingerprint density at radius 2 is 1.80 bits per heavy atom. The summed E-state index contributed by atoms with van der Waals surface area (Å²) in [6, 6.07) is 5.49. The molecule has 0 aliphatic carbocycles. The molecule has 7 heteroatoms. The van der Waals surface area contributed by atoms with E-state index in [9.17, 15) is 13.2 Å². The lowest BCUT2D eigenvalue weighted by atomic mass is 10.3. The van der Waals surface area contributed by atoms with Gasteiger partial charge in [0.05, 0.1) is 11.4 Å². The molecule has 0 unspecified atom stereocenters. The van der Waals surface area contributed by atoms with Crippen molar-refractivity contribution in [3.8, 4) is 0 Å². The summed E-state index contributed by atoms with van der Waals surface area (Å²) >= 11 is 0. The standard InChI is InChI=1S/C8H11N3O3S/c9-5-8(12)11-6-1-3-7(4-2-6)15(10,13)14/h1-4H,5,9H2,(H,11,12)(H2,10,13,14). The van der Waals surface area contributed by atoms with Crippen molar-refractivity contribution in [3.05, 3.63) is 24.3 Å². The Hall–Kier alpha value is -1.44. The predicted octanol–water partition coefficient (Wildman–Crippen LogP) is -0.769. The van der Waals surface area contributed by atoms with Crippen LogP contribution in [0.15, 0.2) is 29.2 Å². The minimum Gasteiger partial charge on any atom is -0.325 e. The zero-order valence-electron chi connectivity index (χ0n) is 7.80. The molecular formula is C8H11N3O3S. The third-order valence-corrected chi connectivity index (χ3v) is 2.58. The number of nitrogens with two attached hydrogens (primary N) is 2. The van der Waals surface area contributed by atoms with Crippen LogP contribution in [0.5, 0.6) is 0 Å². The van der Waals surface area contributed by atoms with Crippen molar-refractivity contribution in [3.63, 3.8) is 0 Å². The smallest absolute Gasteiger partial charge is 0.238 e. The first-order valence-corrected chi connectivity index (χ1v) is 5.61. The van der Waals surface area contributed by atoms with E-state index in [-0.39, 0.29) is 17.3 Å². The third-order valence-electron chi connectivity index (χ3n) is 1.65. The summed E-state index contributed by atoms with van der Waals surface area (Å²) in [5.74, 6) is -0.349. The van der Waals surface area contributed by atoms with Crippen LogP contribution in [0.2, 0.25) is 0 Å². The van der Waals surface area contributed by atoms with E-state index < -0.39 is 10.0 Å². The van der Waals surface area contributed by atoms with E-state index >= 15 is 0 Å². The van der Waals surface area contributed by atoms with Crippen LogP contribution in [0.1, 0.15) is 0 Å². The maximum Gasteiger partial charge on any atom is 0.238 e. The molecule has 0 atom stereocenters. The molecule has 0 saturated carbocycles. The topological polar surface area (TPSA) is 115 Å². The van der Waals surface area contributed by atoms with Gasteiger partial charge in [0.15, 0.2) is 0 Å². The highest BCUT2D eigenvalue weighted by Crippen LogP contribution is 2.12. The molecule has 1 amide bonds. The van der Waals surface area contributed by atoms with Crippen molar-refractivity contribution in [2.75, 3.05) is 11.9 Å². The van der Waals surface area contributed by atoms with Gasteiger partial charge in [-0.15, -0.1) is 0 Å². The van der Waals surface area contributed by atoms with E-state index in [0.29, 0.717) is 5.69 Å². The highest BCUT2D eigenvalue weighted by molar-refractivity contribution is 7.89. The molecule has 1 aromatic rings. The predicted molar refractivity (Wildman–Crippen MR) is 55.5 cm³/mol. The van der Waals surface area contributed by atoms with Gasteiger partial charge in [-0.25, -0.2) is 13.6 Å². The van der Waals surface area contributed by atoms with Crippen molar-refractivity contribution in [2.24, 2.45) is 10.9 Å². The molecule has 0 heterocycles. The van der Waals surface area contributed by atoms with E-state index in [1.165, 1.54) is 24.3 Å². The molecule has 1 aromatic carbocycles. The minimum atomic E-state index is -3.69. The Morgan fingerprint density at radius 1 is 1.27 bits per heavy atom. The molecule has 0 bridgehead atoms. The second-order valence-electron chi connectivity index (χ2n) is 2.82. The first-order valence-electron chi connectivity index (χ1n) is 4.06. The molecule has 0 spiro atoms. The van der Waals surface area contributed by atoms with Gasteiger partial charge in [-0.05, 0) is 24.3 Å². The summed E-state index contributed by atoms with van der Waals surface area (Å²) in [6.07, 6.45) is 0. The van der Waals surface area contributed by atoms with Gasteiger partial charge < -0.3 is 11.1 Å². The Bertz CT molecular complexity index is 453. The van der Waals surface area contributed by atoms with E-state index in [2.05, 4.69) is 5.32 Å². The zero-order valence-corrected chi connectivity index (χ0v) is 8.62. The molecule has 0 aliphatic heterocycles. The highest BCUT2D eigenvalue weighted by Gasteiger charge is 2.07. The van der Waals surface area contributed by atoms with Crippen molar-refractivity contribution in [1.82, 2.24) is 0 Å². The van der Waals surface area contributed by atoms with Crippen molar-refractivity contribution in [1.29, 1.82) is 0 Å². The minimum absolute atomic E-state index is 0.00625. The Labute approximate surface area is 87.3 Å². The summed E-state index contributed by atoms with van der Waals surface area (Å²) in [5.41, 5.74) is 5.56. The number of nitrogens with one attached hydrogen (secondary N) is 1. The van der Waals surface area contributed by atoms with Gasteiger partial charge in [-0.3, -0.25) is 4.79 Å². The average Bonchev–Trinajstić information content (AvgIpc) is 2.17. The van der Waals surface area contributed by atoms with E-state index in [0.717, 1.165) is 0 Å². The van der Waals surface area contributed by atoms with Gasteiger partial charge in [0.25, 0.3) is 0 Å². The molecule has 0 aromatic heterocycles. The normalized spacial score (nSPS) is 11.1. The number of hydrogen-bond acceptors (Lipinski definition) is 4. The molecule has 1 rings (SSSR count). The van der Waals surface area contributed by atoms with Gasteiger partial charge in [-0.1, -0.05) is 0 Å². The number of carbonyl (C=O) groups is 1. The van der Waals surface area contributed by atoms with Gasteiger partial charge in [0.2, 0.25) is 15.9 Å². The number of sulfonamides is 1. The first-order chi connectivity index (χ1) is 6.93. The van der Waals surface area contributed by atoms with Crippen LogP contribution in [0.25, 0.3) is 0 Å². The van der Waals surface area contributed by atoms with E-state index in [4.69, 9.17) is 10.9 Å². The van der Waals surface area contributed by atoms with Gasteiger partial charge >= 0.3 is 0 Å². The van der Waals surface area contributed by atoms with Crippen LogP contribution in [0.4, 0.5) is 5.69 Å². The number of rotatable bonds is 3. The number of carbonyl (C=O) groups excluding carboxylic acids is 1. The molecule has 5 N–H and O–H groups in total. The number of amides is 1. The SMILES string of the molecule is NCC(=O)Nc1ccc(S(N)(=O)=O)cc1. The van der Waals surface area contributed by atoms with Crippen LogP contribution in [0.3, 0.4) is 0 Å². The summed E-state index contributed by atoms with van der Waals surface area (Å²) in [6.45, 7) is -0.128. The van der Waals surface area contributed by atoms with Crippen LogP contribution >= 0.6 is 0 Å². The van der Waals surface area contributed by atoms with Crippen molar-refractivity contribution >= 4 is 21.6 Å². The number of benzene rings is 1. The molecule has 82 valence electrons. The van der Waals surface area contributed by atoms with Crippen LogP contribution in [-0.2, 0) is 14.8 Å². The summed E-state index contributed by atoms with van der Waals surface area (Å²) in [4.78, 5) is 10.9. The first kappa shape index (κ1) is 11.6. The fourth-order valence-electron chi connectivity index (χ4n) is 0.940. The number of anilines is 1. The maximum absolute atomic E-state index is 10.9. The number of primary sulfonamides is 1. The molecule has 15 heavy (non-hydrogen) atoms. The molecule has 0 aliphatic rings. The zero-order chi connectivity index (χ0) is 11.5. The molecule has 0 saturated heterocycles. The van der Waals surface area contributed by atoms with Gasteiger partial charge in [0.1, 0.15) is 0 Å². The van der Waals surface area contributed by atoms with Crippen molar-refractivity contribution in [2.45, 2.75) is 4.90 Å². The lowest BCUT2D eigenvalue weighted by Gasteiger charge is -2.03. The summed E-state index contributed by atoms with van der Waals surface area (Å²) in [7, 11) is -3.69. The lowest BCUT2D eigenvalue weighted by Crippen LogP contribution is -2.21. The molecule has 0 radical (unpaired) electrons. The van der Waals surface area contributed by atoms with Crippen LogP contribution in [0, 0.1) is 0 Å². The van der Waals surface area contributed by atoms with E-state index in [1.807, 2.05) is 0 Å². The summed E-state index contributed by atoms with van der Waals surface area (Å²) in [5, 5.41) is 7.37. The maximum atomic E-state index is 10.9. The fraction of sp³-hybridized carbons (Fsp3) is 0.125. The third kappa shape index (κ3) is 3.31. The van der Waals surface area contributed by atoms with Crippen LogP contribution < -0.4 is 16.2 Å². The molecule has 6 nitrogen and oxygen atoms in total. The quantitative estimate of drug-likeness (QED) is 0.631. The Kier molecular flexibility index (Phi) is 3.40. The fourth-order valence-corrected chi connectivity index (χ4v) is 1.46. The number of hydrogen-bond donors (Lipinski definition) is 3. The van der Waals surface area contributed by atoms with E-state index in [1.54, 1.807) is 0 Å². The lowest BCUT2D eigenvalue weighted by molar-refractivity contribution is -0.114. The summed E-state index contributed by atoms with van der Waals surface area (Å²) < 4.78 is 21.8.